The van der Waals surface area contributed by atoms with Crippen molar-refractivity contribution in [3.63, 3.8) is 0 Å². The van der Waals surface area contributed by atoms with Crippen molar-refractivity contribution in [3.8, 4) is 0 Å². The first-order valence-corrected chi connectivity index (χ1v) is 11.5. The summed E-state index contributed by atoms with van der Waals surface area (Å²) >= 11 is 5.90. The normalized spacial score (nSPS) is 40.9. The second-order valence-corrected chi connectivity index (χ2v) is 10.1. The van der Waals surface area contributed by atoms with E-state index in [1.54, 1.807) is 29.2 Å². The van der Waals surface area contributed by atoms with Gasteiger partial charge in [0.15, 0.2) is 0 Å². The van der Waals surface area contributed by atoms with E-state index in [2.05, 4.69) is 17.5 Å². The van der Waals surface area contributed by atoms with Crippen LogP contribution < -0.4 is 5.32 Å². The van der Waals surface area contributed by atoms with Gasteiger partial charge in [-0.2, -0.15) is 0 Å². The minimum Gasteiger partial charge on any atom is -0.326 e. The molecule has 1 aliphatic heterocycles. The molecule has 6 heteroatoms. The van der Waals surface area contributed by atoms with Gasteiger partial charge in [0, 0.05) is 22.7 Å². The number of carbonyl (C=O) groups is 3. The highest BCUT2D eigenvalue weighted by molar-refractivity contribution is 6.30. The molecule has 6 aliphatic rings. The summed E-state index contributed by atoms with van der Waals surface area (Å²) in [4.78, 5) is 40.8. The van der Waals surface area contributed by atoms with Gasteiger partial charge in [0.1, 0.15) is 0 Å². The van der Waals surface area contributed by atoms with Crippen molar-refractivity contribution in [2.75, 3.05) is 5.32 Å². The number of hydrogen-bond donors (Lipinski definition) is 1. The molecule has 4 fully saturated rings. The molecule has 3 amide bonds. The Morgan fingerprint density at radius 2 is 1.47 bits per heavy atom. The van der Waals surface area contributed by atoms with Crippen LogP contribution in [-0.4, -0.2) is 28.7 Å². The fourth-order valence-electron chi connectivity index (χ4n) is 6.71. The molecule has 1 heterocycles. The Hall–Kier alpha value is -2.14. The molecule has 0 aromatic heterocycles. The second kappa shape index (κ2) is 6.68. The van der Waals surface area contributed by atoms with E-state index in [1.165, 1.54) is 6.42 Å². The molecule has 7 rings (SSSR count). The van der Waals surface area contributed by atoms with Gasteiger partial charge >= 0.3 is 0 Å². The van der Waals surface area contributed by atoms with Crippen LogP contribution in [-0.2, 0) is 14.4 Å². The second-order valence-electron chi connectivity index (χ2n) is 9.70. The number of halogens is 1. The van der Waals surface area contributed by atoms with Crippen molar-refractivity contribution in [2.24, 2.45) is 41.4 Å². The van der Waals surface area contributed by atoms with Gasteiger partial charge in [0.25, 0.3) is 0 Å². The lowest BCUT2D eigenvalue weighted by Crippen LogP contribution is -2.44. The largest absolute Gasteiger partial charge is 0.326 e. The smallest absolute Gasteiger partial charge is 0.233 e. The molecular weight excluding hydrogens is 400 g/mol. The highest BCUT2D eigenvalue weighted by atomic mass is 35.5. The Morgan fingerprint density at radius 1 is 0.900 bits per heavy atom. The first-order chi connectivity index (χ1) is 14.5. The topological polar surface area (TPSA) is 66.5 Å². The number of imide groups is 1. The maximum Gasteiger partial charge on any atom is 0.233 e. The number of allylic oxidation sites excluding steroid dienone is 2. The maximum atomic E-state index is 13.3. The third-order valence-corrected chi connectivity index (χ3v) is 8.49. The lowest BCUT2D eigenvalue weighted by molar-refractivity contribution is -0.144. The van der Waals surface area contributed by atoms with Crippen LogP contribution >= 0.6 is 11.6 Å². The summed E-state index contributed by atoms with van der Waals surface area (Å²) in [7, 11) is 0. The SMILES string of the molecule is O=C(Nc1ccc(Cl)cc1)C1CCC(N2C(=O)[C@@H]3[C@H]4C=C[C@@H]([C@@H]5C[C@H]45)[C@H]3C2=O)CC1. The van der Waals surface area contributed by atoms with Crippen LogP contribution in [0, 0.1) is 41.4 Å². The van der Waals surface area contributed by atoms with E-state index in [0.717, 1.165) is 5.69 Å². The summed E-state index contributed by atoms with van der Waals surface area (Å²) in [5.41, 5.74) is 0.738. The van der Waals surface area contributed by atoms with E-state index in [0.29, 0.717) is 42.5 Å². The van der Waals surface area contributed by atoms with E-state index < -0.39 is 0 Å². The summed E-state index contributed by atoms with van der Waals surface area (Å²) in [5, 5.41) is 3.59. The first-order valence-electron chi connectivity index (χ1n) is 11.1. The number of nitrogens with one attached hydrogen (secondary N) is 1. The molecule has 30 heavy (non-hydrogen) atoms. The number of anilines is 1. The molecule has 156 valence electrons. The third-order valence-electron chi connectivity index (χ3n) is 8.24. The molecular formula is C24H25ClN2O3. The number of rotatable bonds is 3. The number of amides is 3. The Bertz CT molecular complexity index is 914. The zero-order chi connectivity index (χ0) is 20.6. The molecule has 0 spiro atoms. The van der Waals surface area contributed by atoms with E-state index in [9.17, 15) is 14.4 Å². The summed E-state index contributed by atoms with van der Waals surface area (Å²) in [6.45, 7) is 0. The van der Waals surface area contributed by atoms with Crippen molar-refractivity contribution in [3.05, 3.63) is 41.4 Å². The number of hydrogen-bond acceptors (Lipinski definition) is 3. The van der Waals surface area contributed by atoms with Gasteiger partial charge in [-0.3, -0.25) is 19.3 Å². The molecule has 0 unspecified atom stereocenters. The number of likely N-dealkylation sites (tertiary alicyclic amines) is 1. The van der Waals surface area contributed by atoms with Gasteiger partial charge in [0.2, 0.25) is 17.7 Å². The van der Waals surface area contributed by atoms with Crippen molar-refractivity contribution >= 4 is 35.0 Å². The zero-order valence-electron chi connectivity index (χ0n) is 16.7. The van der Waals surface area contributed by atoms with Gasteiger partial charge in [-0.1, -0.05) is 23.8 Å². The Kier molecular flexibility index (Phi) is 4.14. The summed E-state index contributed by atoms with van der Waals surface area (Å²) in [6, 6.07) is 7.05. The van der Waals surface area contributed by atoms with Crippen molar-refractivity contribution in [1.29, 1.82) is 0 Å². The van der Waals surface area contributed by atoms with Crippen molar-refractivity contribution < 1.29 is 14.4 Å². The molecule has 2 bridgehead atoms. The standard InChI is InChI=1S/C24H25ClN2O3/c25-13-3-5-14(6-4-13)26-22(28)12-1-7-15(8-2-12)27-23(29)20-16-9-10-17(19-11-18(16)19)21(20)24(27)30/h3-6,9-10,12,15-21H,1-2,7-8,11H2,(H,26,28)/t12?,15?,16-,17-,18-,19+,20+,21+/m0/s1. The quantitative estimate of drug-likeness (QED) is 0.591. The van der Waals surface area contributed by atoms with Crippen LogP contribution in [0.4, 0.5) is 5.69 Å². The highest BCUT2D eigenvalue weighted by Crippen LogP contribution is 2.65. The molecule has 1 aromatic rings. The van der Waals surface area contributed by atoms with Crippen LogP contribution in [0.15, 0.2) is 36.4 Å². The van der Waals surface area contributed by atoms with Crippen molar-refractivity contribution in [1.82, 2.24) is 4.90 Å². The van der Waals surface area contributed by atoms with Gasteiger partial charge in [0.05, 0.1) is 11.8 Å². The number of nitrogens with zero attached hydrogens (tertiary/aromatic N) is 1. The third kappa shape index (κ3) is 2.71. The number of carbonyl (C=O) groups excluding carboxylic acids is 3. The highest BCUT2D eigenvalue weighted by Gasteiger charge is 2.67. The Labute approximate surface area is 180 Å². The van der Waals surface area contributed by atoms with Crippen LogP contribution in [0.5, 0.6) is 0 Å². The zero-order valence-corrected chi connectivity index (χ0v) is 17.4. The average Bonchev–Trinajstić information content (AvgIpc) is 3.53. The average molecular weight is 425 g/mol. The molecule has 5 nitrogen and oxygen atoms in total. The molecule has 6 atom stereocenters. The molecule has 1 saturated heterocycles. The minimum absolute atomic E-state index is 0.00542. The van der Waals surface area contributed by atoms with Crippen molar-refractivity contribution in [2.45, 2.75) is 38.1 Å². The summed E-state index contributed by atoms with van der Waals surface area (Å²) in [5.74, 6) is 1.59. The fourth-order valence-corrected chi connectivity index (χ4v) is 6.84. The van der Waals surface area contributed by atoms with E-state index in [4.69, 9.17) is 11.6 Å². The minimum atomic E-state index is -0.123. The van der Waals surface area contributed by atoms with Crippen LogP contribution in [0.1, 0.15) is 32.1 Å². The van der Waals surface area contributed by atoms with Gasteiger partial charge in [-0.25, -0.2) is 0 Å². The molecule has 5 aliphatic carbocycles. The maximum absolute atomic E-state index is 13.3. The fraction of sp³-hybridized carbons (Fsp3) is 0.542. The first kappa shape index (κ1) is 18.6. The lowest BCUT2D eigenvalue weighted by Gasteiger charge is -2.37. The molecule has 1 aromatic carbocycles. The predicted octanol–water partition coefficient (Wildman–Crippen LogP) is 3.89. The Balaban J connectivity index is 1.11. The summed E-state index contributed by atoms with van der Waals surface area (Å²) in [6.07, 6.45) is 8.44. The predicted molar refractivity (Wildman–Crippen MR) is 112 cm³/mol. The van der Waals surface area contributed by atoms with Crippen LogP contribution in [0.3, 0.4) is 0 Å². The molecule has 3 saturated carbocycles. The van der Waals surface area contributed by atoms with E-state index >= 15 is 0 Å². The van der Waals surface area contributed by atoms with Gasteiger partial charge in [-0.05, 0) is 80.0 Å². The van der Waals surface area contributed by atoms with E-state index in [1.807, 2.05) is 0 Å². The van der Waals surface area contributed by atoms with E-state index in [-0.39, 0.29) is 53.4 Å². The molecule has 1 N–H and O–H groups in total. The Morgan fingerprint density at radius 3 is 2.03 bits per heavy atom. The lowest BCUT2D eigenvalue weighted by atomic mass is 9.63. The monoisotopic (exact) mass is 424 g/mol. The number of benzene rings is 1. The van der Waals surface area contributed by atoms with Gasteiger partial charge in [-0.15, -0.1) is 0 Å². The molecule has 0 radical (unpaired) electrons. The van der Waals surface area contributed by atoms with Crippen LogP contribution in [0.2, 0.25) is 5.02 Å². The van der Waals surface area contributed by atoms with Gasteiger partial charge < -0.3 is 5.32 Å². The summed E-state index contributed by atoms with van der Waals surface area (Å²) < 4.78 is 0. The van der Waals surface area contributed by atoms with Crippen LogP contribution in [0.25, 0.3) is 0 Å².